The molecule has 2 unspecified atom stereocenters. The van der Waals surface area contributed by atoms with Gasteiger partial charge in [-0.3, -0.25) is 9.69 Å². The first kappa shape index (κ1) is 15.7. The van der Waals surface area contributed by atoms with E-state index >= 15 is 0 Å². The van der Waals surface area contributed by atoms with Crippen LogP contribution in [0.3, 0.4) is 0 Å². The number of carboxylic acids is 1. The lowest BCUT2D eigenvalue weighted by atomic mass is 10.1. The Bertz CT molecular complexity index is 455. The van der Waals surface area contributed by atoms with Crippen LogP contribution in [0.4, 0.5) is 0 Å². The van der Waals surface area contributed by atoms with E-state index in [9.17, 15) is 14.7 Å². The number of nitrogens with zero attached hydrogens (tertiary/aromatic N) is 1. The molecule has 0 aliphatic carbocycles. The van der Waals surface area contributed by atoms with Crippen molar-refractivity contribution in [2.24, 2.45) is 5.73 Å². The number of carboxylic acid groups (broad SMARTS) is 1. The third kappa shape index (κ3) is 2.69. The van der Waals surface area contributed by atoms with Gasteiger partial charge in [-0.05, 0) is 19.4 Å². The Labute approximate surface area is 126 Å². The highest BCUT2D eigenvalue weighted by Crippen LogP contribution is 2.52. The molecule has 2 aliphatic heterocycles. The van der Waals surface area contributed by atoms with Crippen molar-refractivity contribution in [3.8, 4) is 0 Å². The molecule has 0 aromatic rings. The van der Waals surface area contributed by atoms with E-state index in [1.807, 2.05) is 6.92 Å². The highest BCUT2D eigenvalue weighted by molar-refractivity contribution is 8.23. The summed E-state index contributed by atoms with van der Waals surface area (Å²) in [6.45, 7) is 2.67. The van der Waals surface area contributed by atoms with Crippen LogP contribution >= 0.6 is 23.5 Å². The molecule has 0 bridgehead atoms. The van der Waals surface area contributed by atoms with E-state index in [2.05, 4.69) is 0 Å². The van der Waals surface area contributed by atoms with Crippen LogP contribution in [0.1, 0.15) is 19.8 Å². The van der Waals surface area contributed by atoms with Crippen molar-refractivity contribution in [3.63, 3.8) is 0 Å². The molecule has 0 saturated carbocycles. The molecule has 6 nitrogen and oxygen atoms in total. The van der Waals surface area contributed by atoms with E-state index in [1.54, 1.807) is 0 Å². The molecule has 1 saturated heterocycles. The molecule has 20 heavy (non-hydrogen) atoms. The minimum atomic E-state index is -1.06. The van der Waals surface area contributed by atoms with E-state index in [0.717, 1.165) is 12.8 Å². The fourth-order valence-electron chi connectivity index (χ4n) is 2.19. The monoisotopic (exact) mass is 318 g/mol. The number of ether oxygens (including phenoxy) is 1. The van der Waals surface area contributed by atoms with Gasteiger partial charge in [0, 0.05) is 12.4 Å². The van der Waals surface area contributed by atoms with Crippen molar-refractivity contribution in [2.75, 3.05) is 13.7 Å². The Morgan fingerprint density at radius 1 is 1.65 bits per heavy atom. The maximum absolute atomic E-state index is 11.9. The quantitative estimate of drug-likeness (QED) is 0.677. The molecular formula is C12H18N2O4S2. The van der Waals surface area contributed by atoms with E-state index in [4.69, 9.17) is 10.5 Å². The first-order valence-corrected chi connectivity index (χ1v) is 8.14. The molecular weight excluding hydrogens is 300 g/mol. The van der Waals surface area contributed by atoms with Crippen LogP contribution < -0.4 is 5.73 Å². The number of fused-ring (bicyclic) bond motifs is 1. The summed E-state index contributed by atoms with van der Waals surface area (Å²) in [7, 11) is 1.47. The minimum absolute atomic E-state index is 0.0999. The first-order valence-electron chi connectivity index (χ1n) is 6.38. The highest BCUT2D eigenvalue weighted by Gasteiger charge is 2.56. The zero-order chi connectivity index (χ0) is 14.9. The number of carbonyl (C=O) groups is 2. The van der Waals surface area contributed by atoms with Crippen molar-refractivity contribution in [3.05, 3.63) is 9.93 Å². The summed E-state index contributed by atoms with van der Waals surface area (Å²) in [5.41, 5.74) is 5.58. The van der Waals surface area contributed by atoms with Crippen LogP contribution in [0.5, 0.6) is 0 Å². The Morgan fingerprint density at radius 2 is 2.35 bits per heavy atom. The van der Waals surface area contributed by atoms with Crippen molar-refractivity contribution >= 4 is 35.4 Å². The Hall–Kier alpha value is -0.700. The van der Waals surface area contributed by atoms with Crippen LogP contribution in [0, 0.1) is 0 Å². The van der Waals surface area contributed by atoms with E-state index < -0.39 is 12.1 Å². The molecule has 3 N–H and O–H groups in total. The number of hydrogen-bond acceptors (Lipinski definition) is 6. The summed E-state index contributed by atoms with van der Waals surface area (Å²) in [5.74, 6) is -1.33. The predicted octanol–water partition coefficient (Wildman–Crippen LogP) is 1.03. The number of amides is 1. The number of methoxy groups -OCH3 is 1. The van der Waals surface area contributed by atoms with Gasteiger partial charge >= 0.3 is 5.97 Å². The van der Waals surface area contributed by atoms with Gasteiger partial charge in [-0.2, -0.15) is 0 Å². The van der Waals surface area contributed by atoms with Crippen LogP contribution in [-0.4, -0.2) is 52.3 Å². The number of β-lactam (4-membered cyclic amide) rings is 1. The fourth-order valence-corrected chi connectivity index (χ4v) is 5.33. The number of carbonyl (C=O) groups excluding carboxylic acids is 1. The number of nitrogens with two attached hydrogens (primary N) is 1. The third-order valence-corrected chi connectivity index (χ3v) is 5.97. The summed E-state index contributed by atoms with van der Waals surface area (Å²) >= 11 is 2.91. The van der Waals surface area contributed by atoms with Crippen molar-refractivity contribution in [1.29, 1.82) is 0 Å². The first-order chi connectivity index (χ1) is 9.51. The Morgan fingerprint density at radius 3 is 2.90 bits per heavy atom. The SMILES string of the molecule is COC1C(=O)N2C(C(=O)O)=C(SC(C)CCCN)S[C@@H]12. The third-order valence-electron chi connectivity index (χ3n) is 3.24. The zero-order valence-corrected chi connectivity index (χ0v) is 13.0. The van der Waals surface area contributed by atoms with Gasteiger partial charge < -0.3 is 15.6 Å². The van der Waals surface area contributed by atoms with Gasteiger partial charge in [-0.25, -0.2) is 4.79 Å². The molecule has 3 atom stereocenters. The van der Waals surface area contributed by atoms with Gasteiger partial charge in [-0.1, -0.05) is 18.7 Å². The molecule has 0 aromatic heterocycles. The highest BCUT2D eigenvalue weighted by atomic mass is 32.2. The second kappa shape index (κ2) is 6.38. The lowest BCUT2D eigenvalue weighted by molar-refractivity contribution is -0.161. The second-order valence-corrected chi connectivity index (χ2v) is 7.51. The summed E-state index contributed by atoms with van der Waals surface area (Å²) in [6.07, 6.45) is 1.29. The summed E-state index contributed by atoms with van der Waals surface area (Å²) in [4.78, 5) is 24.6. The zero-order valence-electron chi connectivity index (χ0n) is 11.4. The average molecular weight is 318 g/mol. The summed E-state index contributed by atoms with van der Waals surface area (Å²) in [6, 6.07) is 0. The minimum Gasteiger partial charge on any atom is -0.477 e. The van der Waals surface area contributed by atoms with Crippen LogP contribution in [-0.2, 0) is 14.3 Å². The van der Waals surface area contributed by atoms with Crippen molar-refractivity contribution < 1.29 is 19.4 Å². The van der Waals surface area contributed by atoms with Gasteiger partial charge in [0.25, 0.3) is 5.91 Å². The Kier molecular flexibility index (Phi) is 5.00. The van der Waals surface area contributed by atoms with Crippen LogP contribution in [0.25, 0.3) is 0 Å². The lowest BCUT2D eigenvalue weighted by Gasteiger charge is -2.40. The number of aliphatic carboxylic acids is 1. The molecule has 8 heteroatoms. The van der Waals surface area contributed by atoms with E-state index in [1.165, 1.54) is 35.5 Å². The standard InChI is InChI=1S/C12H18N2O4S2/c1-6(4-3-5-13)19-12-7(11(16)17)14-9(15)8(18-2)10(14)20-12/h6,8,10H,3-5,13H2,1-2H3,(H,16,17)/t6?,8?,10-/m0/s1. The topological polar surface area (TPSA) is 92.9 Å². The lowest BCUT2D eigenvalue weighted by Crippen LogP contribution is -2.61. The summed E-state index contributed by atoms with van der Waals surface area (Å²) < 4.78 is 5.80. The number of thioether (sulfide) groups is 2. The van der Waals surface area contributed by atoms with Crippen LogP contribution in [0.15, 0.2) is 9.93 Å². The van der Waals surface area contributed by atoms with Gasteiger partial charge in [0.15, 0.2) is 11.8 Å². The van der Waals surface area contributed by atoms with E-state index in [-0.39, 0.29) is 22.2 Å². The van der Waals surface area contributed by atoms with Gasteiger partial charge in [0.1, 0.15) is 5.37 Å². The summed E-state index contributed by atoms with van der Waals surface area (Å²) in [5, 5.41) is 9.37. The van der Waals surface area contributed by atoms with Crippen LogP contribution in [0.2, 0.25) is 0 Å². The maximum Gasteiger partial charge on any atom is 0.354 e. The molecule has 2 aliphatic rings. The number of rotatable bonds is 7. The normalized spacial score (nSPS) is 26.6. The largest absolute Gasteiger partial charge is 0.477 e. The molecule has 1 fully saturated rings. The van der Waals surface area contributed by atoms with E-state index in [0.29, 0.717) is 10.8 Å². The maximum atomic E-state index is 11.9. The van der Waals surface area contributed by atoms with Crippen molar-refractivity contribution in [1.82, 2.24) is 4.90 Å². The molecule has 1 amide bonds. The average Bonchev–Trinajstić information content (AvgIpc) is 2.72. The number of hydrogen-bond donors (Lipinski definition) is 2. The Balaban J connectivity index is 2.11. The fraction of sp³-hybridized carbons (Fsp3) is 0.667. The predicted molar refractivity (Wildman–Crippen MR) is 79.0 cm³/mol. The van der Waals surface area contributed by atoms with Gasteiger partial charge in [-0.15, -0.1) is 11.8 Å². The second-order valence-electron chi connectivity index (χ2n) is 4.67. The van der Waals surface area contributed by atoms with Gasteiger partial charge in [0.05, 0.1) is 4.24 Å². The smallest absolute Gasteiger partial charge is 0.354 e. The van der Waals surface area contributed by atoms with Gasteiger partial charge in [0.2, 0.25) is 0 Å². The molecule has 0 radical (unpaired) electrons. The molecule has 2 rings (SSSR count). The molecule has 0 aromatic carbocycles. The molecule has 2 heterocycles. The molecule has 112 valence electrons. The van der Waals surface area contributed by atoms with Crippen molar-refractivity contribution in [2.45, 2.75) is 36.5 Å². The molecule has 0 spiro atoms.